The third-order valence-corrected chi connectivity index (χ3v) is 3.17. The molecule has 0 unspecified atom stereocenters. The molecule has 2 aromatic carbocycles. The van der Waals surface area contributed by atoms with Gasteiger partial charge in [-0.25, -0.2) is 4.39 Å². The maximum atomic E-state index is 13.2. The predicted molar refractivity (Wildman–Crippen MR) is 85.7 cm³/mol. The summed E-state index contributed by atoms with van der Waals surface area (Å²) < 4.78 is 18.9. The van der Waals surface area contributed by atoms with Crippen LogP contribution in [0.5, 0.6) is 5.75 Å². The maximum Gasteiger partial charge on any atom is 0.259 e. The molecule has 4 heteroatoms. The molecule has 22 heavy (non-hydrogen) atoms. The summed E-state index contributed by atoms with van der Waals surface area (Å²) >= 11 is 0. The molecule has 0 aliphatic heterocycles. The van der Waals surface area contributed by atoms with Gasteiger partial charge in [0, 0.05) is 5.69 Å². The van der Waals surface area contributed by atoms with Gasteiger partial charge in [0.05, 0.1) is 12.2 Å². The summed E-state index contributed by atoms with van der Waals surface area (Å²) in [7, 11) is 0. The van der Waals surface area contributed by atoms with Crippen LogP contribution in [0.25, 0.3) is 0 Å². The molecule has 3 nitrogen and oxygen atoms in total. The number of amides is 1. The molecule has 0 heterocycles. The van der Waals surface area contributed by atoms with Gasteiger partial charge in [-0.15, -0.1) is 0 Å². The molecular weight excluding hydrogens is 281 g/mol. The first-order chi connectivity index (χ1) is 10.6. The smallest absolute Gasteiger partial charge is 0.259 e. The lowest BCUT2D eigenvalue weighted by Gasteiger charge is -2.12. The molecular formula is C18H20FNO2. The lowest BCUT2D eigenvalue weighted by atomic mass is 10.1. The number of nitrogens with one attached hydrogen (secondary N) is 1. The SMILES string of the molecule is CC(C)CCOc1ccccc1C(=O)Nc1cccc(F)c1. The van der Waals surface area contributed by atoms with Crippen molar-refractivity contribution >= 4 is 11.6 Å². The van der Waals surface area contributed by atoms with E-state index in [0.29, 0.717) is 29.5 Å². The van der Waals surface area contributed by atoms with Crippen LogP contribution in [-0.2, 0) is 0 Å². The Morgan fingerprint density at radius 2 is 1.95 bits per heavy atom. The number of benzene rings is 2. The first-order valence-corrected chi connectivity index (χ1v) is 7.35. The Balaban J connectivity index is 2.09. The molecule has 0 saturated heterocycles. The molecule has 0 aliphatic carbocycles. The fourth-order valence-corrected chi connectivity index (χ4v) is 1.95. The van der Waals surface area contributed by atoms with Crippen LogP contribution in [0.2, 0.25) is 0 Å². The van der Waals surface area contributed by atoms with Gasteiger partial charge in [-0.1, -0.05) is 32.0 Å². The van der Waals surface area contributed by atoms with E-state index < -0.39 is 0 Å². The first kappa shape index (κ1) is 16.0. The van der Waals surface area contributed by atoms with E-state index in [2.05, 4.69) is 19.2 Å². The molecule has 1 amide bonds. The molecule has 2 aromatic rings. The Hall–Kier alpha value is -2.36. The van der Waals surface area contributed by atoms with Crippen LogP contribution in [0.3, 0.4) is 0 Å². The van der Waals surface area contributed by atoms with Crippen molar-refractivity contribution in [2.45, 2.75) is 20.3 Å². The highest BCUT2D eigenvalue weighted by atomic mass is 19.1. The van der Waals surface area contributed by atoms with Crippen molar-refractivity contribution in [3.05, 3.63) is 59.9 Å². The highest BCUT2D eigenvalue weighted by Crippen LogP contribution is 2.20. The first-order valence-electron chi connectivity index (χ1n) is 7.35. The molecule has 0 fully saturated rings. The zero-order valence-corrected chi connectivity index (χ0v) is 12.8. The second-order valence-corrected chi connectivity index (χ2v) is 5.49. The molecule has 0 saturated carbocycles. The highest BCUT2D eigenvalue weighted by Gasteiger charge is 2.12. The van der Waals surface area contributed by atoms with Crippen LogP contribution in [0.15, 0.2) is 48.5 Å². The van der Waals surface area contributed by atoms with E-state index in [1.165, 1.54) is 12.1 Å². The normalized spacial score (nSPS) is 10.5. The van der Waals surface area contributed by atoms with Crippen molar-refractivity contribution < 1.29 is 13.9 Å². The lowest BCUT2D eigenvalue weighted by molar-refractivity contribution is 0.102. The minimum absolute atomic E-state index is 0.314. The molecule has 0 bridgehead atoms. The predicted octanol–water partition coefficient (Wildman–Crippen LogP) is 4.50. The number of anilines is 1. The summed E-state index contributed by atoms with van der Waals surface area (Å²) in [5.74, 6) is 0.371. The van der Waals surface area contributed by atoms with Gasteiger partial charge in [0.15, 0.2) is 0 Å². The fourth-order valence-electron chi connectivity index (χ4n) is 1.95. The average molecular weight is 301 g/mol. The van der Waals surface area contributed by atoms with Crippen molar-refractivity contribution in [2.75, 3.05) is 11.9 Å². The molecule has 0 atom stereocenters. The van der Waals surface area contributed by atoms with E-state index >= 15 is 0 Å². The minimum atomic E-state index is -0.390. The maximum absolute atomic E-state index is 13.2. The summed E-state index contributed by atoms with van der Waals surface area (Å²) in [4.78, 5) is 12.3. The molecule has 0 radical (unpaired) electrons. The molecule has 0 aromatic heterocycles. The largest absolute Gasteiger partial charge is 0.493 e. The van der Waals surface area contributed by atoms with Gasteiger partial charge in [-0.05, 0) is 42.7 Å². The van der Waals surface area contributed by atoms with Gasteiger partial charge in [0.25, 0.3) is 5.91 Å². The third-order valence-electron chi connectivity index (χ3n) is 3.17. The van der Waals surface area contributed by atoms with E-state index in [4.69, 9.17) is 4.74 Å². The van der Waals surface area contributed by atoms with Gasteiger partial charge >= 0.3 is 0 Å². The van der Waals surface area contributed by atoms with Crippen LogP contribution >= 0.6 is 0 Å². The van der Waals surface area contributed by atoms with Crippen LogP contribution in [0, 0.1) is 11.7 Å². The van der Waals surface area contributed by atoms with Crippen LogP contribution in [0.4, 0.5) is 10.1 Å². The van der Waals surface area contributed by atoms with Gasteiger partial charge in [-0.2, -0.15) is 0 Å². The fraction of sp³-hybridized carbons (Fsp3) is 0.278. The van der Waals surface area contributed by atoms with E-state index in [-0.39, 0.29) is 11.7 Å². The Labute approximate surface area is 130 Å². The standard InChI is InChI=1S/C18H20FNO2/c1-13(2)10-11-22-17-9-4-3-8-16(17)18(21)20-15-7-5-6-14(19)12-15/h3-9,12-13H,10-11H2,1-2H3,(H,20,21). The second-order valence-electron chi connectivity index (χ2n) is 5.49. The number of hydrogen-bond donors (Lipinski definition) is 1. The zero-order chi connectivity index (χ0) is 15.9. The lowest BCUT2D eigenvalue weighted by Crippen LogP contribution is -2.14. The van der Waals surface area contributed by atoms with Crippen LogP contribution in [-0.4, -0.2) is 12.5 Å². The van der Waals surface area contributed by atoms with Gasteiger partial charge < -0.3 is 10.1 Å². The Bertz CT molecular complexity index is 640. The highest BCUT2D eigenvalue weighted by molar-refractivity contribution is 6.06. The Morgan fingerprint density at radius 1 is 1.18 bits per heavy atom. The van der Waals surface area contributed by atoms with Crippen LogP contribution in [0.1, 0.15) is 30.6 Å². The molecule has 116 valence electrons. The monoisotopic (exact) mass is 301 g/mol. The number of ether oxygens (including phenoxy) is 1. The Morgan fingerprint density at radius 3 is 2.68 bits per heavy atom. The molecule has 0 spiro atoms. The van der Waals surface area contributed by atoms with E-state index in [1.54, 1.807) is 30.3 Å². The Kier molecular flexibility index (Phi) is 5.53. The summed E-state index contributed by atoms with van der Waals surface area (Å²) in [6, 6.07) is 12.9. The number of carbonyl (C=O) groups is 1. The quantitative estimate of drug-likeness (QED) is 0.853. The molecule has 1 N–H and O–H groups in total. The third kappa shape index (κ3) is 4.58. The van der Waals surface area contributed by atoms with E-state index in [0.717, 1.165) is 6.42 Å². The van der Waals surface area contributed by atoms with Crippen molar-refractivity contribution in [3.8, 4) is 5.75 Å². The van der Waals surface area contributed by atoms with Gasteiger partial charge in [-0.3, -0.25) is 4.79 Å². The molecule has 2 rings (SSSR count). The van der Waals surface area contributed by atoms with E-state index in [9.17, 15) is 9.18 Å². The van der Waals surface area contributed by atoms with Gasteiger partial charge in [0.1, 0.15) is 11.6 Å². The zero-order valence-electron chi connectivity index (χ0n) is 12.8. The number of rotatable bonds is 6. The second kappa shape index (κ2) is 7.59. The number of halogens is 1. The summed E-state index contributed by atoms with van der Waals surface area (Å²) in [6.45, 7) is 4.79. The van der Waals surface area contributed by atoms with Crippen molar-refractivity contribution in [3.63, 3.8) is 0 Å². The van der Waals surface area contributed by atoms with Crippen molar-refractivity contribution in [2.24, 2.45) is 5.92 Å². The van der Waals surface area contributed by atoms with E-state index in [1.807, 2.05) is 6.07 Å². The van der Waals surface area contributed by atoms with Crippen molar-refractivity contribution in [1.82, 2.24) is 0 Å². The summed E-state index contributed by atoms with van der Waals surface area (Å²) in [5, 5.41) is 2.68. The minimum Gasteiger partial charge on any atom is -0.493 e. The van der Waals surface area contributed by atoms with Crippen molar-refractivity contribution in [1.29, 1.82) is 0 Å². The summed E-state index contributed by atoms with van der Waals surface area (Å²) in [6.07, 6.45) is 0.917. The van der Waals surface area contributed by atoms with Crippen LogP contribution < -0.4 is 10.1 Å². The van der Waals surface area contributed by atoms with Gasteiger partial charge in [0.2, 0.25) is 0 Å². The molecule has 0 aliphatic rings. The topological polar surface area (TPSA) is 38.3 Å². The summed E-state index contributed by atoms with van der Waals surface area (Å²) in [5.41, 5.74) is 0.859. The average Bonchev–Trinajstić information content (AvgIpc) is 2.47. The number of carbonyl (C=O) groups excluding carboxylic acids is 1. The number of hydrogen-bond acceptors (Lipinski definition) is 2. The number of para-hydroxylation sites is 1.